The first-order chi connectivity index (χ1) is 46.5. The molecule has 35 atom stereocenters. The number of hydrogen-bond acceptors (Lipinski definition) is 39. The van der Waals surface area contributed by atoms with Crippen LogP contribution in [0, 0.1) is 0 Å². The van der Waals surface area contributed by atoms with Crippen LogP contribution in [0.4, 0.5) is 4.79 Å². The Hall–Kier alpha value is -3.48. The Morgan fingerprint density at radius 2 is 0.673 bits per heavy atom. The van der Waals surface area contributed by atoms with Crippen molar-refractivity contribution < 1.29 is 183 Å². The molecular weight excluding hydrogens is 1330 g/mol. The summed E-state index contributed by atoms with van der Waals surface area (Å²) in [6.45, 7) is -1.64. The van der Waals surface area contributed by atoms with E-state index in [9.17, 15) is 112 Å². The zero-order valence-electron chi connectivity index (χ0n) is 53.2. The molecule has 0 aromatic carbocycles. The number of alkyl carbamates (subject to hydrolysis) is 1. The molecule has 22 N–H and O–H groups in total. The maximum Gasteiger partial charge on any atom is 0.407 e. The summed E-state index contributed by atoms with van der Waals surface area (Å²) in [4.78, 5) is 24.8. The molecule has 21 fully saturated rings. The van der Waals surface area contributed by atoms with E-state index in [0.29, 0.717) is 25.8 Å². The fraction of sp³-hybridized carbons (Fsp3) is 0.929. The molecule has 2 amide bonds. The fourth-order valence-electron chi connectivity index (χ4n) is 12.5. The smallest absolute Gasteiger partial charge is 0.407 e. The summed E-state index contributed by atoms with van der Waals surface area (Å²) in [6.07, 6.45) is -69.1. The van der Waals surface area contributed by atoms with Crippen LogP contribution >= 0.6 is 0 Å². The van der Waals surface area contributed by atoms with Crippen molar-refractivity contribution in [2.75, 3.05) is 46.2 Å². The Morgan fingerprint density at radius 3 is 0.949 bits per heavy atom. The van der Waals surface area contributed by atoms with Crippen LogP contribution in [0.3, 0.4) is 0 Å². The summed E-state index contributed by atoms with van der Waals surface area (Å²) < 4.78 is 88.0. The van der Waals surface area contributed by atoms with E-state index in [2.05, 4.69) is 20.9 Å². The van der Waals surface area contributed by atoms with E-state index in [1.807, 2.05) is 0 Å². The van der Waals surface area contributed by atoms with Gasteiger partial charge in [-0.2, -0.15) is 0 Å². The lowest BCUT2D eigenvalue weighted by molar-refractivity contribution is -0.396. The number of amides is 2. The molecule has 42 nitrogen and oxygen atoms in total. The number of unbranched alkanes of at least 4 members (excludes halogenated alkanes) is 2. The van der Waals surface area contributed by atoms with Crippen LogP contribution in [-0.4, -0.2) is 396 Å². The zero-order chi connectivity index (χ0) is 71.4. The van der Waals surface area contributed by atoms with Gasteiger partial charge in [0.25, 0.3) is 0 Å². The molecule has 21 saturated heterocycles. The first-order valence-corrected chi connectivity index (χ1v) is 32.0. The highest BCUT2D eigenvalue weighted by Gasteiger charge is 2.60. The number of nitrogens with one attached hydrogen (secondary N) is 2. The molecule has 42 heteroatoms. The molecule has 1 aromatic rings. The lowest BCUT2D eigenvalue weighted by Gasteiger charge is -2.50. The van der Waals surface area contributed by atoms with Crippen molar-refractivity contribution in [2.24, 2.45) is 0 Å². The molecule has 564 valence electrons. The second kappa shape index (κ2) is 34.4. The molecule has 22 rings (SSSR count). The molecule has 21 aliphatic rings. The Kier molecular flexibility index (Phi) is 27.6. The lowest BCUT2D eigenvalue weighted by Crippen LogP contribution is -2.68. The third-order valence-corrected chi connectivity index (χ3v) is 17.8. The predicted molar refractivity (Wildman–Crippen MR) is 306 cm³/mol. The van der Waals surface area contributed by atoms with Crippen LogP contribution in [0.25, 0.3) is 0 Å². The lowest BCUT2D eigenvalue weighted by atomic mass is 9.95. The fourth-order valence-corrected chi connectivity index (χ4v) is 12.5. The first-order valence-electron chi connectivity index (χ1n) is 32.0. The van der Waals surface area contributed by atoms with Gasteiger partial charge < -0.3 is 184 Å². The van der Waals surface area contributed by atoms with Crippen LogP contribution in [0.5, 0.6) is 0 Å². The maximum atomic E-state index is 12.8. The summed E-state index contributed by atoms with van der Waals surface area (Å²) in [6, 6.07) is 0. The number of aliphatic hydroxyl groups is 20. The quantitative estimate of drug-likeness (QED) is 0.0684. The Balaban J connectivity index is 0.969. The third-order valence-electron chi connectivity index (χ3n) is 17.8. The molecular formula is C56H93N5O37. The van der Waals surface area contributed by atoms with Crippen molar-refractivity contribution in [1.82, 2.24) is 25.6 Å². The van der Waals surface area contributed by atoms with Crippen molar-refractivity contribution in [3.05, 3.63) is 11.9 Å². The summed E-state index contributed by atoms with van der Waals surface area (Å²) in [5, 5.41) is 239. The second-order valence-corrected chi connectivity index (χ2v) is 25.9. The maximum absolute atomic E-state index is 12.8. The number of aromatic nitrogens is 3. The van der Waals surface area contributed by atoms with E-state index in [1.54, 1.807) is 20.8 Å². The van der Waals surface area contributed by atoms with Crippen LogP contribution < -0.4 is 10.6 Å². The van der Waals surface area contributed by atoms with E-state index in [4.69, 9.17) is 71.1 Å². The Labute approximate surface area is 557 Å². The van der Waals surface area contributed by atoms with Gasteiger partial charge in [0.2, 0.25) is 5.91 Å². The standard InChI is InChI=1S/C56H93N5O37/c1-56(2,3)98-55(83)57-8-6-4-5-7-26(68)58-9-18-10-61(60-59-18)11-19-41-27(69)34(76)48(84-19)92-42-20(12-62)86-50(36(78)29(42)71)94-44-22(14-64)88-52(38(80)31(44)73)96-46-24(16-66)90-54(40(82)33(46)75)97-47-25(17-67)89-53(39(81)32(47)74)95-45-23(15-65)87-51(37(79)30(45)72)93-43-21(13-63)85-49(91-41)35(77)28(43)70/h10,19-25,27-54,62-67,69-82H,4-9,11-17H2,1-3H3,(H,57,83)(H,58,68). The largest absolute Gasteiger partial charge is 0.444 e. The Morgan fingerprint density at radius 1 is 0.398 bits per heavy atom. The third kappa shape index (κ3) is 17.8. The van der Waals surface area contributed by atoms with Crippen molar-refractivity contribution in [2.45, 2.75) is 280 Å². The molecule has 1 aromatic heterocycles. The van der Waals surface area contributed by atoms with Crippen LogP contribution in [0.1, 0.15) is 52.1 Å². The molecule has 14 bridgehead atoms. The molecule has 0 saturated carbocycles. The normalized spacial score (nSPS) is 46.1. The van der Waals surface area contributed by atoms with Crippen LogP contribution in [0.15, 0.2) is 6.20 Å². The molecule has 98 heavy (non-hydrogen) atoms. The predicted octanol–water partition coefficient (Wildman–Crippen LogP) is -13.2. The van der Waals surface area contributed by atoms with Gasteiger partial charge >= 0.3 is 6.09 Å². The van der Waals surface area contributed by atoms with Gasteiger partial charge in [-0.25, -0.2) is 9.48 Å². The monoisotopic (exact) mass is 1430 g/mol. The van der Waals surface area contributed by atoms with Gasteiger partial charge in [0.15, 0.2) is 44.0 Å². The number of nitrogens with zero attached hydrogens (tertiary/aromatic N) is 3. The number of ether oxygens (including phenoxy) is 15. The number of rotatable bonds is 16. The number of carbonyl (C=O) groups excluding carboxylic acids is 2. The molecule has 0 aliphatic carbocycles. The Bertz CT molecular complexity index is 2630. The van der Waals surface area contributed by atoms with Gasteiger partial charge in [-0.3, -0.25) is 4.79 Å². The van der Waals surface area contributed by atoms with Gasteiger partial charge in [-0.1, -0.05) is 11.6 Å². The molecule has 22 heterocycles. The van der Waals surface area contributed by atoms with Crippen molar-refractivity contribution >= 4 is 12.0 Å². The van der Waals surface area contributed by atoms with Gasteiger partial charge in [0.05, 0.1) is 58.9 Å². The summed E-state index contributed by atoms with van der Waals surface area (Å²) in [5.74, 6) is -0.366. The van der Waals surface area contributed by atoms with E-state index in [0.717, 1.165) is 4.68 Å². The number of hydrogen-bond donors (Lipinski definition) is 22. The van der Waals surface area contributed by atoms with Gasteiger partial charge in [-0.05, 0) is 33.6 Å². The highest BCUT2D eigenvalue weighted by Crippen LogP contribution is 2.39. The van der Waals surface area contributed by atoms with Crippen LogP contribution in [-0.2, 0) is 88.9 Å². The average molecular weight is 1430 g/mol. The van der Waals surface area contributed by atoms with Crippen molar-refractivity contribution in [3.8, 4) is 0 Å². The second-order valence-electron chi connectivity index (χ2n) is 25.9. The summed E-state index contributed by atoms with van der Waals surface area (Å²) in [5.41, 5.74) is -0.504. The SMILES string of the molecule is CC(C)(C)OC(=O)NCCCCCC(=O)NCc1cn(CC2OC3OC4C(CO)OC(OC5C(CO)OC(OC6C(CO)OC(OC7C(CO)OC(OC8C(CO)OC(OC9C(CO)OC(OC2C(O)C3O)C(O)C9O)C(O)C8O)C(O)C7O)C(O)C6O)C(O)C5O)C(O)C4O)nn1. The molecule has 0 radical (unpaired) electrons. The van der Waals surface area contributed by atoms with E-state index < -0.39 is 273 Å². The summed E-state index contributed by atoms with van der Waals surface area (Å²) in [7, 11) is 0. The van der Waals surface area contributed by atoms with Crippen molar-refractivity contribution in [3.63, 3.8) is 0 Å². The minimum Gasteiger partial charge on any atom is -0.444 e. The van der Waals surface area contributed by atoms with E-state index >= 15 is 0 Å². The topological polar surface area (TPSA) is 632 Å². The van der Waals surface area contributed by atoms with E-state index in [-0.39, 0.29) is 24.6 Å². The molecule has 0 spiro atoms. The van der Waals surface area contributed by atoms with Gasteiger partial charge in [-0.15, -0.1) is 5.10 Å². The summed E-state index contributed by atoms with van der Waals surface area (Å²) >= 11 is 0. The number of carbonyl (C=O) groups is 2. The zero-order valence-corrected chi connectivity index (χ0v) is 53.2. The molecule has 21 aliphatic heterocycles. The van der Waals surface area contributed by atoms with Crippen molar-refractivity contribution in [1.29, 1.82) is 0 Å². The molecule has 35 unspecified atom stereocenters. The average Bonchev–Trinajstić information content (AvgIpc) is 0.830. The minimum absolute atomic E-state index is 0.0997. The van der Waals surface area contributed by atoms with Crippen LogP contribution in [0.2, 0.25) is 0 Å². The van der Waals surface area contributed by atoms with E-state index in [1.165, 1.54) is 6.20 Å². The highest BCUT2D eigenvalue weighted by atomic mass is 16.8. The van der Waals surface area contributed by atoms with Gasteiger partial charge in [0.1, 0.15) is 182 Å². The minimum atomic E-state index is -2.27. The van der Waals surface area contributed by atoms with Gasteiger partial charge in [0, 0.05) is 13.0 Å². The first kappa shape index (κ1) is 78.7. The number of aliphatic hydroxyl groups excluding tert-OH is 20. The highest BCUT2D eigenvalue weighted by molar-refractivity contribution is 5.75.